The third-order valence-corrected chi connectivity index (χ3v) is 8.01. The van der Waals surface area contributed by atoms with Gasteiger partial charge in [-0.15, -0.1) is 5.10 Å². The lowest BCUT2D eigenvalue weighted by Gasteiger charge is -2.31. The molecule has 1 amide bonds. The molecule has 1 atom stereocenters. The number of aryl methyl sites for hydroxylation is 1. The number of hydrogen-bond donors (Lipinski definition) is 1. The fourth-order valence-electron chi connectivity index (χ4n) is 5.13. The Kier molecular flexibility index (Phi) is 7.43. The molecule has 0 saturated carbocycles. The van der Waals surface area contributed by atoms with Crippen LogP contribution in [0.25, 0.3) is 4.96 Å². The van der Waals surface area contributed by atoms with Gasteiger partial charge in [-0.2, -0.15) is 4.52 Å². The topological polar surface area (TPSA) is 82.8 Å². The molecule has 0 spiro atoms. The number of nitrogens with zero attached hydrogens (tertiary/aromatic N) is 5. The summed E-state index contributed by atoms with van der Waals surface area (Å²) in [4.78, 5) is 35.6. The van der Waals surface area contributed by atoms with E-state index in [1.54, 1.807) is 0 Å². The first-order valence-electron chi connectivity index (χ1n) is 12.8. The van der Waals surface area contributed by atoms with Gasteiger partial charge in [0.2, 0.25) is 16.0 Å². The Morgan fingerprint density at radius 3 is 2.89 bits per heavy atom. The van der Waals surface area contributed by atoms with Gasteiger partial charge < -0.3 is 15.1 Å². The van der Waals surface area contributed by atoms with E-state index in [1.807, 2.05) is 6.07 Å². The summed E-state index contributed by atoms with van der Waals surface area (Å²) < 4.78 is 1.47. The van der Waals surface area contributed by atoms with Crippen LogP contribution in [0.3, 0.4) is 0 Å². The minimum atomic E-state index is -0.0595. The molecule has 0 radical (unpaired) electrons. The normalized spacial score (nSPS) is 18.1. The zero-order valence-corrected chi connectivity index (χ0v) is 21.2. The Labute approximate surface area is 210 Å². The van der Waals surface area contributed by atoms with Crippen molar-refractivity contribution in [2.45, 2.75) is 51.5 Å². The molecule has 1 saturated heterocycles. The Bertz CT molecular complexity index is 1220. The summed E-state index contributed by atoms with van der Waals surface area (Å²) in [5, 5.41) is 8.54. The maximum absolute atomic E-state index is 12.9. The van der Waals surface area contributed by atoms with Gasteiger partial charge in [0.1, 0.15) is 0 Å². The number of hydrogen-bond acceptors (Lipinski definition) is 7. The van der Waals surface area contributed by atoms with Crippen molar-refractivity contribution in [1.29, 1.82) is 0 Å². The van der Waals surface area contributed by atoms with Gasteiger partial charge in [-0.05, 0) is 64.1 Å². The second kappa shape index (κ2) is 10.9. The second-order valence-electron chi connectivity index (χ2n) is 9.78. The summed E-state index contributed by atoms with van der Waals surface area (Å²) in [6.07, 6.45) is 6.54. The molecule has 1 aliphatic heterocycles. The Balaban J connectivity index is 1.14. The first-order chi connectivity index (χ1) is 17.1. The van der Waals surface area contributed by atoms with Crippen molar-refractivity contribution < 1.29 is 4.79 Å². The third kappa shape index (κ3) is 5.56. The zero-order chi connectivity index (χ0) is 24.2. The third-order valence-electron chi connectivity index (χ3n) is 7.04. The molecule has 1 unspecified atom stereocenters. The van der Waals surface area contributed by atoms with Crippen LogP contribution in [0.2, 0.25) is 0 Å². The molecule has 35 heavy (non-hydrogen) atoms. The Morgan fingerprint density at radius 2 is 2.03 bits per heavy atom. The average Bonchev–Trinajstić information content (AvgIpc) is 3.32. The molecule has 2 aromatic heterocycles. The van der Waals surface area contributed by atoms with Gasteiger partial charge >= 0.3 is 0 Å². The Hall–Kier alpha value is -2.78. The van der Waals surface area contributed by atoms with Crippen molar-refractivity contribution in [1.82, 2.24) is 24.8 Å². The number of nitrogens with one attached hydrogen (secondary N) is 1. The largest absolute Gasteiger partial charge is 0.356 e. The van der Waals surface area contributed by atoms with Crippen molar-refractivity contribution >= 4 is 27.3 Å². The first kappa shape index (κ1) is 23.9. The molecule has 3 aromatic rings. The maximum Gasteiger partial charge on any atom is 0.278 e. The summed E-state index contributed by atoms with van der Waals surface area (Å²) in [7, 11) is 2.11. The number of fused-ring (bicyclic) bond motifs is 2. The molecule has 9 heteroatoms. The van der Waals surface area contributed by atoms with Crippen molar-refractivity contribution in [3.63, 3.8) is 0 Å². The van der Waals surface area contributed by atoms with Crippen LogP contribution in [0.1, 0.15) is 48.9 Å². The number of benzene rings is 1. The van der Waals surface area contributed by atoms with Crippen LogP contribution in [0, 0.1) is 5.92 Å². The van der Waals surface area contributed by atoms with Crippen LogP contribution in [0.15, 0.2) is 35.1 Å². The summed E-state index contributed by atoms with van der Waals surface area (Å²) >= 11 is 1.46. The van der Waals surface area contributed by atoms with E-state index in [9.17, 15) is 9.59 Å². The highest BCUT2D eigenvalue weighted by Gasteiger charge is 2.28. The highest BCUT2D eigenvalue weighted by Crippen LogP contribution is 2.28. The van der Waals surface area contributed by atoms with E-state index in [0.29, 0.717) is 18.1 Å². The molecule has 8 nitrogen and oxygen atoms in total. The van der Waals surface area contributed by atoms with Gasteiger partial charge in [0.15, 0.2) is 0 Å². The highest BCUT2D eigenvalue weighted by molar-refractivity contribution is 7.20. The molecule has 1 N–H and O–H groups in total. The van der Waals surface area contributed by atoms with Crippen LogP contribution < -0.4 is 15.8 Å². The fraction of sp³-hybridized carbons (Fsp3) is 0.538. The van der Waals surface area contributed by atoms with Crippen molar-refractivity contribution in [3.8, 4) is 0 Å². The number of carbonyl (C=O) groups excluding carboxylic acids is 1. The van der Waals surface area contributed by atoms with Gasteiger partial charge in [0.25, 0.3) is 5.56 Å². The summed E-state index contributed by atoms with van der Waals surface area (Å²) in [5.41, 5.74) is 3.06. The van der Waals surface area contributed by atoms with Crippen LogP contribution in [-0.4, -0.2) is 58.6 Å². The van der Waals surface area contributed by atoms with E-state index in [0.717, 1.165) is 81.0 Å². The number of aromatic nitrogens is 3. The molecule has 2 aliphatic rings. The monoisotopic (exact) mass is 494 g/mol. The molecule has 3 heterocycles. The summed E-state index contributed by atoms with van der Waals surface area (Å²) in [6, 6.07) is 10.4. The smallest absolute Gasteiger partial charge is 0.278 e. The lowest BCUT2D eigenvalue weighted by Crippen LogP contribution is -2.43. The molecule has 0 bridgehead atoms. The number of anilines is 1. The highest BCUT2D eigenvalue weighted by atomic mass is 32.1. The molecule has 1 aliphatic carbocycles. The van der Waals surface area contributed by atoms with Gasteiger partial charge in [-0.3, -0.25) is 9.59 Å². The molecule has 186 valence electrons. The minimum Gasteiger partial charge on any atom is -0.356 e. The standard InChI is InChI=1S/C26H34N6O2S/c1-30(17-19-9-3-2-4-10-19)15-8-14-27-23(33)20-11-7-16-31(18-20)26-29-32-24(34)21-12-5-6-13-22(21)28-25(32)35-26/h2-4,9-10,20H,5-8,11-18H2,1H3,(H,27,33). The van der Waals surface area contributed by atoms with Gasteiger partial charge in [0, 0.05) is 31.7 Å². The molecule has 1 aromatic carbocycles. The lowest BCUT2D eigenvalue weighted by atomic mass is 9.97. The predicted molar refractivity (Wildman–Crippen MR) is 139 cm³/mol. The molecule has 5 rings (SSSR count). The molecular formula is C26H34N6O2S. The average molecular weight is 495 g/mol. The number of piperidine rings is 1. The fourth-order valence-corrected chi connectivity index (χ4v) is 6.08. The lowest BCUT2D eigenvalue weighted by molar-refractivity contribution is -0.125. The predicted octanol–water partition coefficient (Wildman–Crippen LogP) is 2.88. The zero-order valence-electron chi connectivity index (χ0n) is 20.4. The van der Waals surface area contributed by atoms with E-state index in [4.69, 9.17) is 4.98 Å². The van der Waals surface area contributed by atoms with Crippen LogP contribution >= 0.6 is 11.3 Å². The van der Waals surface area contributed by atoms with Crippen LogP contribution in [0.4, 0.5) is 5.13 Å². The van der Waals surface area contributed by atoms with Crippen molar-refractivity contribution in [2.24, 2.45) is 5.92 Å². The van der Waals surface area contributed by atoms with E-state index in [2.05, 4.69) is 51.5 Å². The Morgan fingerprint density at radius 1 is 1.20 bits per heavy atom. The van der Waals surface area contributed by atoms with E-state index in [-0.39, 0.29) is 17.4 Å². The van der Waals surface area contributed by atoms with Gasteiger partial charge in [0.05, 0.1) is 11.6 Å². The number of rotatable bonds is 8. The number of amides is 1. The maximum atomic E-state index is 12.9. The van der Waals surface area contributed by atoms with Gasteiger partial charge in [-0.1, -0.05) is 41.7 Å². The minimum absolute atomic E-state index is 0.0178. The number of carbonyl (C=O) groups is 1. The second-order valence-corrected chi connectivity index (χ2v) is 10.7. The SMILES string of the molecule is CN(CCCNC(=O)C1CCCN(c2nn3c(=O)c4c(nc3s2)CCCC4)C1)Cc1ccccc1. The van der Waals surface area contributed by atoms with E-state index in [1.165, 1.54) is 21.4 Å². The van der Waals surface area contributed by atoms with Crippen LogP contribution in [0.5, 0.6) is 0 Å². The van der Waals surface area contributed by atoms with E-state index < -0.39 is 0 Å². The quantitative estimate of drug-likeness (QED) is 0.485. The molecule has 1 fully saturated rings. The van der Waals surface area contributed by atoms with Gasteiger partial charge in [-0.25, -0.2) is 4.98 Å². The van der Waals surface area contributed by atoms with Crippen molar-refractivity contribution in [3.05, 3.63) is 57.5 Å². The summed E-state index contributed by atoms with van der Waals surface area (Å²) in [6.45, 7) is 4.01. The molecular weight excluding hydrogens is 460 g/mol. The van der Waals surface area contributed by atoms with Crippen molar-refractivity contribution in [2.75, 3.05) is 38.1 Å². The van der Waals surface area contributed by atoms with Crippen LogP contribution in [-0.2, 0) is 24.2 Å². The van der Waals surface area contributed by atoms with E-state index >= 15 is 0 Å². The first-order valence-corrected chi connectivity index (χ1v) is 13.6. The summed E-state index contributed by atoms with van der Waals surface area (Å²) in [5.74, 6) is 0.0583.